The van der Waals surface area contributed by atoms with E-state index in [9.17, 15) is 9.59 Å². The highest BCUT2D eigenvalue weighted by Crippen LogP contribution is 2.43. The van der Waals surface area contributed by atoms with Crippen LogP contribution in [0, 0.1) is 6.92 Å². The Morgan fingerprint density at radius 2 is 1.85 bits per heavy atom. The number of nitrogens with one attached hydrogen (secondary N) is 1. The van der Waals surface area contributed by atoms with Gasteiger partial charge in [0, 0.05) is 22.6 Å². The van der Waals surface area contributed by atoms with Crippen LogP contribution in [0.3, 0.4) is 0 Å². The van der Waals surface area contributed by atoms with Gasteiger partial charge in [-0.1, -0.05) is 42.0 Å². The predicted octanol–water partition coefficient (Wildman–Crippen LogP) is 3.92. The molecule has 5 heteroatoms. The molecule has 4 nitrogen and oxygen atoms in total. The summed E-state index contributed by atoms with van der Waals surface area (Å²) in [5, 5.41) is 2.92. The molecule has 2 amide bonds. The van der Waals surface area contributed by atoms with Crippen LogP contribution in [0.15, 0.2) is 53.4 Å². The number of nitrogens with zero attached hydrogens (tertiary/aromatic N) is 1. The zero-order valence-electron chi connectivity index (χ0n) is 15.4. The van der Waals surface area contributed by atoms with Gasteiger partial charge in [-0.15, -0.1) is 11.8 Å². The SMILES string of the molecule is Cc1ccc(CNC(=O)CN2C(=O)CC(C)(C)Sc3ccccc32)cc1. The minimum Gasteiger partial charge on any atom is -0.350 e. The smallest absolute Gasteiger partial charge is 0.240 e. The molecule has 136 valence electrons. The summed E-state index contributed by atoms with van der Waals surface area (Å²) in [6, 6.07) is 15.8. The molecular formula is C21H24N2O2S. The molecule has 1 N–H and O–H groups in total. The van der Waals surface area contributed by atoms with Crippen molar-refractivity contribution < 1.29 is 9.59 Å². The van der Waals surface area contributed by atoms with E-state index in [1.165, 1.54) is 5.56 Å². The average Bonchev–Trinajstić information content (AvgIpc) is 2.68. The third kappa shape index (κ3) is 4.47. The highest BCUT2D eigenvalue weighted by molar-refractivity contribution is 8.00. The van der Waals surface area contributed by atoms with Gasteiger partial charge in [0.2, 0.25) is 11.8 Å². The monoisotopic (exact) mass is 368 g/mol. The number of rotatable bonds is 4. The van der Waals surface area contributed by atoms with E-state index in [0.717, 1.165) is 16.1 Å². The average molecular weight is 369 g/mol. The number of hydrogen-bond acceptors (Lipinski definition) is 3. The fraction of sp³-hybridized carbons (Fsp3) is 0.333. The number of benzene rings is 2. The van der Waals surface area contributed by atoms with Gasteiger partial charge in [-0.2, -0.15) is 0 Å². The number of anilines is 1. The highest BCUT2D eigenvalue weighted by Gasteiger charge is 2.33. The molecule has 0 radical (unpaired) electrons. The van der Waals surface area contributed by atoms with E-state index in [2.05, 4.69) is 19.2 Å². The van der Waals surface area contributed by atoms with E-state index in [4.69, 9.17) is 0 Å². The highest BCUT2D eigenvalue weighted by atomic mass is 32.2. The van der Waals surface area contributed by atoms with Gasteiger partial charge in [0.25, 0.3) is 0 Å². The number of carbonyl (C=O) groups excluding carboxylic acids is 2. The Kier molecular flexibility index (Phi) is 5.37. The second-order valence-corrected chi connectivity index (χ2v) is 9.00. The van der Waals surface area contributed by atoms with Crippen molar-refractivity contribution in [2.24, 2.45) is 0 Å². The topological polar surface area (TPSA) is 49.4 Å². The van der Waals surface area contributed by atoms with Crippen LogP contribution in [0.1, 0.15) is 31.4 Å². The van der Waals surface area contributed by atoms with E-state index < -0.39 is 0 Å². The Morgan fingerprint density at radius 1 is 1.15 bits per heavy atom. The van der Waals surface area contributed by atoms with Crippen molar-refractivity contribution in [3.8, 4) is 0 Å². The first kappa shape index (κ1) is 18.5. The van der Waals surface area contributed by atoms with Gasteiger partial charge in [-0.3, -0.25) is 9.59 Å². The van der Waals surface area contributed by atoms with Crippen molar-refractivity contribution >= 4 is 29.3 Å². The Balaban J connectivity index is 1.72. The lowest BCUT2D eigenvalue weighted by molar-refractivity contribution is -0.124. The first-order valence-corrected chi connectivity index (χ1v) is 9.56. The molecule has 1 aliphatic heterocycles. The third-order valence-electron chi connectivity index (χ3n) is 4.33. The summed E-state index contributed by atoms with van der Waals surface area (Å²) in [4.78, 5) is 27.9. The van der Waals surface area contributed by atoms with Crippen LogP contribution in [0.5, 0.6) is 0 Å². The number of thioether (sulfide) groups is 1. The summed E-state index contributed by atoms with van der Waals surface area (Å²) in [5.74, 6) is -0.170. The second-order valence-electron chi connectivity index (χ2n) is 7.25. The van der Waals surface area contributed by atoms with E-state index in [-0.39, 0.29) is 23.1 Å². The van der Waals surface area contributed by atoms with Gasteiger partial charge in [-0.25, -0.2) is 0 Å². The zero-order valence-corrected chi connectivity index (χ0v) is 16.2. The molecule has 0 aliphatic carbocycles. The van der Waals surface area contributed by atoms with Crippen LogP contribution in [0.2, 0.25) is 0 Å². The molecule has 0 spiro atoms. The molecule has 0 atom stereocenters. The van der Waals surface area contributed by atoms with Crippen LogP contribution in [-0.2, 0) is 16.1 Å². The van der Waals surface area contributed by atoms with E-state index in [0.29, 0.717) is 13.0 Å². The van der Waals surface area contributed by atoms with Crippen molar-refractivity contribution in [1.82, 2.24) is 5.32 Å². The second kappa shape index (κ2) is 7.54. The first-order valence-electron chi connectivity index (χ1n) is 8.75. The predicted molar refractivity (Wildman–Crippen MR) is 106 cm³/mol. The maximum Gasteiger partial charge on any atom is 0.240 e. The first-order chi connectivity index (χ1) is 12.3. The quantitative estimate of drug-likeness (QED) is 0.890. The van der Waals surface area contributed by atoms with Crippen LogP contribution in [-0.4, -0.2) is 23.1 Å². The van der Waals surface area contributed by atoms with Crippen molar-refractivity contribution in [2.45, 2.75) is 43.4 Å². The minimum atomic E-state index is -0.194. The Hall–Kier alpha value is -2.27. The zero-order chi connectivity index (χ0) is 18.7. The number of amides is 2. The van der Waals surface area contributed by atoms with Gasteiger partial charge >= 0.3 is 0 Å². The molecule has 3 rings (SSSR count). The standard InChI is InChI=1S/C21H24N2O2S/c1-15-8-10-16(11-9-15)13-22-19(24)14-23-17-6-4-5-7-18(17)26-21(2,3)12-20(23)25/h4-11H,12-14H2,1-3H3,(H,22,24). The van der Waals surface area contributed by atoms with Crippen LogP contribution >= 0.6 is 11.8 Å². The lowest BCUT2D eigenvalue weighted by atomic mass is 10.1. The van der Waals surface area contributed by atoms with Crippen molar-refractivity contribution in [3.05, 3.63) is 59.7 Å². The van der Waals surface area contributed by atoms with E-state index in [1.807, 2.05) is 55.5 Å². The molecule has 0 bridgehead atoms. The van der Waals surface area contributed by atoms with Gasteiger partial charge in [0.15, 0.2) is 0 Å². The molecule has 1 heterocycles. The van der Waals surface area contributed by atoms with Crippen LogP contribution in [0.4, 0.5) is 5.69 Å². The molecule has 0 aromatic heterocycles. The van der Waals surface area contributed by atoms with Gasteiger partial charge in [0.05, 0.1) is 5.69 Å². The summed E-state index contributed by atoms with van der Waals surface area (Å²) in [6.07, 6.45) is 0.400. The molecule has 0 saturated carbocycles. The maximum absolute atomic E-state index is 12.8. The van der Waals surface area contributed by atoms with Crippen LogP contribution in [0.25, 0.3) is 0 Å². The summed E-state index contributed by atoms with van der Waals surface area (Å²) in [7, 11) is 0. The number of fused-ring (bicyclic) bond motifs is 1. The number of carbonyl (C=O) groups is 2. The fourth-order valence-electron chi connectivity index (χ4n) is 2.97. The van der Waals surface area contributed by atoms with Crippen LogP contribution < -0.4 is 10.2 Å². The lowest BCUT2D eigenvalue weighted by Crippen LogP contribution is -2.41. The molecule has 1 aliphatic rings. The minimum absolute atomic E-state index is 0.0158. The van der Waals surface area contributed by atoms with E-state index in [1.54, 1.807) is 16.7 Å². The Labute approximate surface area is 159 Å². The summed E-state index contributed by atoms with van der Waals surface area (Å²) < 4.78 is -0.194. The molecule has 2 aromatic carbocycles. The molecule has 0 fully saturated rings. The van der Waals surface area contributed by atoms with Gasteiger partial charge in [0.1, 0.15) is 6.54 Å². The van der Waals surface area contributed by atoms with Crippen molar-refractivity contribution in [1.29, 1.82) is 0 Å². The molecule has 2 aromatic rings. The summed E-state index contributed by atoms with van der Waals surface area (Å²) in [5.41, 5.74) is 3.05. The number of para-hydroxylation sites is 1. The summed E-state index contributed by atoms with van der Waals surface area (Å²) in [6.45, 7) is 6.66. The molecule has 0 unspecified atom stereocenters. The lowest BCUT2D eigenvalue weighted by Gasteiger charge is -2.22. The van der Waals surface area contributed by atoms with Gasteiger partial charge < -0.3 is 10.2 Å². The molecule has 26 heavy (non-hydrogen) atoms. The van der Waals surface area contributed by atoms with Crippen molar-refractivity contribution in [3.63, 3.8) is 0 Å². The Morgan fingerprint density at radius 3 is 2.58 bits per heavy atom. The third-order valence-corrected chi connectivity index (χ3v) is 5.59. The largest absolute Gasteiger partial charge is 0.350 e. The van der Waals surface area contributed by atoms with Crippen molar-refractivity contribution in [2.75, 3.05) is 11.4 Å². The maximum atomic E-state index is 12.8. The molecule has 0 saturated heterocycles. The normalized spacial score (nSPS) is 16.0. The molecular weight excluding hydrogens is 344 g/mol. The van der Waals surface area contributed by atoms with E-state index >= 15 is 0 Å². The van der Waals surface area contributed by atoms with Gasteiger partial charge in [-0.05, 0) is 38.5 Å². The number of aryl methyl sites for hydroxylation is 1. The summed E-state index contributed by atoms with van der Waals surface area (Å²) >= 11 is 1.69. The Bertz CT molecular complexity index is 815. The number of hydrogen-bond donors (Lipinski definition) is 1. The fourth-order valence-corrected chi connectivity index (χ4v) is 4.19.